The van der Waals surface area contributed by atoms with Crippen molar-refractivity contribution < 1.29 is 24.4 Å². The number of hydrogen-bond donors (Lipinski definition) is 4. The minimum absolute atomic E-state index is 0.0717. The Bertz CT molecular complexity index is 821. The zero-order valence-electron chi connectivity index (χ0n) is 16.0. The lowest BCUT2D eigenvalue weighted by molar-refractivity contribution is -0.632. The minimum atomic E-state index is -0.339. The summed E-state index contributed by atoms with van der Waals surface area (Å²) in [4.78, 5) is 35.9. The van der Waals surface area contributed by atoms with Crippen molar-refractivity contribution in [1.29, 1.82) is 0 Å². The number of anilines is 2. The van der Waals surface area contributed by atoms with Crippen molar-refractivity contribution in [2.24, 2.45) is 0 Å². The van der Waals surface area contributed by atoms with Gasteiger partial charge in [0.25, 0.3) is 17.7 Å². The highest BCUT2D eigenvalue weighted by Crippen LogP contribution is 2.19. The summed E-state index contributed by atoms with van der Waals surface area (Å²) in [6.07, 6.45) is 0. The van der Waals surface area contributed by atoms with Gasteiger partial charge in [0.2, 0.25) is 0 Å². The number of para-hydroxylation sites is 1. The average Bonchev–Trinajstić information content (AvgIpc) is 2.70. The van der Waals surface area contributed by atoms with Crippen LogP contribution in [0.15, 0.2) is 48.5 Å². The fourth-order valence-electron chi connectivity index (χ4n) is 2.43. The molecule has 0 saturated heterocycles. The van der Waals surface area contributed by atoms with Gasteiger partial charge in [-0.2, -0.15) is 0 Å². The maximum Gasteiger partial charge on any atom is 0.279 e. The molecule has 0 aromatic heterocycles. The summed E-state index contributed by atoms with van der Waals surface area (Å²) in [6.45, 7) is 2.70. The molecule has 0 unspecified atom stereocenters. The van der Waals surface area contributed by atoms with Crippen molar-refractivity contribution in [3.05, 3.63) is 54.1 Å². The molecule has 0 saturated carbocycles. The number of carbonyl (C=O) groups is 3. The zero-order valence-corrected chi connectivity index (χ0v) is 16.0. The van der Waals surface area contributed by atoms with Crippen LogP contribution in [0.25, 0.3) is 0 Å². The van der Waals surface area contributed by atoms with Crippen LogP contribution in [0.4, 0.5) is 11.4 Å². The van der Waals surface area contributed by atoms with Crippen LogP contribution in [0.1, 0.15) is 17.3 Å². The lowest BCUT2D eigenvalue weighted by Crippen LogP contribution is -2.88. The Morgan fingerprint density at radius 2 is 1.61 bits per heavy atom. The predicted octanol–water partition coefficient (Wildman–Crippen LogP) is 0.586. The Hall–Kier alpha value is -3.39. The first-order chi connectivity index (χ1) is 13.5. The first-order valence-electron chi connectivity index (χ1n) is 8.98. The van der Waals surface area contributed by atoms with Crippen molar-refractivity contribution in [2.75, 3.05) is 37.4 Å². The molecule has 2 aromatic carbocycles. The molecule has 5 N–H and O–H groups in total. The van der Waals surface area contributed by atoms with E-state index < -0.39 is 0 Å². The van der Waals surface area contributed by atoms with Crippen molar-refractivity contribution in [3.8, 4) is 5.75 Å². The molecule has 0 aliphatic rings. The Kier molecular flexibility index (Phi) is 7.98. The quantitative estimate of drug-likeness (QED) is 0.506. The number of carbonyl (C=O) groups excluding carboxylic acids is 3. The van der Waals surface area contributed by atoms with E-state index in [1.807, 2.05) is 6.92 Å². The van der Waals surface area contributed by atoms with E-state index >= 15 is 0 Å². The number of benzene rings is 2. The lowest BCUT2D eigenvalue weighted by atomic mass is 10.1. The second-order valence-electron chi connectivity index (χ2n) is 5.88. The zero-order chi connectivity index (χ0) is 20.4. The largest absolute Gasteiger partial charge is 0.494 e. The minimum Gasteiger partial charge on any atom is -0.494 e. The van der Waals surface area contributed by atoms with Crippen LogP contribution < -0.4 is 26.0 Å². The first-order valence-corrected chi connectivity index (χ1v) is 8.98. The van der Waals surface area contributed by atoms with Gasteiger partial charge in [0.15, 0.2) is 13.1 Å². The monoisotopic (exact) mass is 385 g/mol. The smallest absolute Gasteiger partial charge is 0.279 e. The molecule has 0 fully saturated rings. The number of nitrogens with one attached hydrogen (secondary N) is 3. The third-order valence-corrected chi connectivity index (χ3v) is 3.81. The van der Waals surface area contributed by atoms with E-state index in [1.165, 1.54) is 7.05 Å². The summed E-state index contributed by atoms with van der Waals surface area (Å²) < 4.78 is 5.38. The number of amides is 3. The Balaban J connectivity index is 1.99. The summed E-state index contributed by atoms with van der Waals surface area (Å²) >= 11 is 0. The molecule has 8 heteroatoms. The summed E-state index contributed by atoms with van der Waals surface area (Å²) in [5, 5.41) is 9.58. The van der Waals surface area contributed by atoms with Gasteiger partial charge in [-0.1, -0.05) is 12.1 Å². The molecule has 0 bridgehead atoms. The van der Waals surface area contributed by atoms with Gasteiger partial charge in [0.05, 0.1) is 17.9 Å². The second kappa shape index (κ2) is 10.7. The van der Waals surface area contributed by atoms with Crippen LogP contribution in [0.5, 0.6) is 5.75 Å². The molecule has 0 spiro atoms. The van der Waals surface area contributed by atoms with Crippen molar-refractivity contribution in [2.45, 2.75) is 6.92 Å². The summed E-state index contributed by atoms with van der Waals surface area (Å²) in [7, 11) is 1.54. The van der Waals surface area contributed by atoms with Gasteiger partial charge in [-0.05, 0) is 43.3 Å². The maximum atomic E-state index is 12.6. The van der Waals surface area contributed by atoms with Crippen LogP contribution in [0, 0.1) is 0 Å². The van der Waals surface area contributed by atoms with Gasteiger partial charge in [0.1, 0.15) is 5.75 Å². The fourth-order valence-corrected chi connectivity index (χ4v) is 2.43. The van der Waals surface area contributed by atoms with Crippen LogP contribution in [-0.2, 0) is 9.59 Å². The third kappa shape index (κ3) is 6.40. The van der Waals surface area contributed by atoms with E-state index in [0.717, 1.165) is 5.75 Å². The number of ether oxygens (including phenoxy) is 1. The predicted molar refractivity (Wildman–Crippen MR) is 106 cm³/mol. The molecule has 8 nitrogen and oxygen atoms in total. The second-order valence-corrected chi connectivity index (χ2v) is 5.88. The van der Waals surface area contributed by atoms with Gasteiger partial charge in [0, 0.05) is 12.7 Å². The summed E-state index contributed by atoms with van der Waals surface area (Å²) in [5.41, 5.74) is 1.37. The molecule has 0 aliphatic heterocycles. The van der Waals surface area contributed by atoms with Crippen LogP contribution in [0.2, 0.25) is 0 Å². The highest BCUT2D eigenvalue weighted by Gasteiger charge is 2.14. The van der Waals surface area contributed by atoms with E-state index in [4.69, 9.17) is 4.74 Å². The SMILES string of the molecule is CCOc1ccc(NC(=O)c2ccccc2NC(=O)C[NH2+]CC(=O)NC)cc1. The molecule has 148 valence electrons. The number of hydrogen-bond acceptors (Lipinski definition) is 4. The van der Waals surface area contributed by atoms with Crippen LogP contribution in [0.3, 0.4) is 0 Å². The van der Waals surface area contributed by atoms with E-state index in [0.29, 0.717) is 23.5 Å². The number of nitrogens with two attached hydrogens (primary N) is 1. The molecule has 0 radical (unpaired) electrons. The Labute approximate surface area is 163 Å². The molecule has 0 heterocycles. The maximum absolute atomic E-state index is 12.6. The van der Waals surface area contributed by atoms with Gasteiger partial charge in [-0.3, -0.25) is 14.4 Å². The van der Waals surface area contributed by atoms with E-state index in [9.17, 15) is 14.4 Å². The Morgan fingerprint density at radius 1 is 0.929 bits per heavy atom. The van der Waals surface area contributed by atoms with Crippen molar-refractivity contribution in [3.63, 3.8) is 0 Å². The van der Waals surface area contributed by atoms with Gasteiger partial charge in [-0.15, -0.1) is 0 Å². The number of rotatable bonds is 9. The standard InChI is InChI=1S/C20H24N4O4/c1-3-28-15-10-8-14(9-11-15)23-20(27)16-6-4-5-7-17(16)24-19(26)13-22-12-18(25)21-2/h4-11,22H,3,12-13H2,1-2H3,(H,21,25)(H,23,27)(H,24,26)/p+1. The van der Waals surface area contributed by atoms with Gasteiger partial charge >= 0.3 is 0 Å². The topological polar surface area (TPSA) is 113 Å². The Morgan fingerprint density at radius 3 is 2.29 bits per heavy atom. The molecule has 2 aromatic rings. The van der Waals surface area contributed by atoms with Crippen molar-refractivity contribution >= 4 is 29.1 Å². The summed E-state index contributed by atoms with van der Waals surface area (Å²) in [5.74, 6) is -0.0799. The molecule has 28 heavy (non-hydrogen) atoms. The number of likely N-dealkylation sites (N-methyl/N-ethyl adjacent to an activating group) is 1. The molecular weight excluding hydrogens is 360 g/mol. The normalized spacial score (nSPS) is 10.1. The highest BCUT2D eigenvalue weighted by molar-refractivity contribution is 6.10. The molecule has 0 atom stereocenters. The number of quaternary nitrogens is 1. The molecule has 2 rings (SSSR count). The van der Waals surface area contributed by atoms with Gasteiger partial charge in [-0.25, -0.2) is 0 Å². The highest BCUT2D eigenvalue weighted by atomic mass is 16.5. The summed E-state index contributed by atoms with van der Waals surface area (Å²) in [6, 6.07) is 13.8. The molecular formula is C20H25N4O4+. The van der Waals surface area contributed by atoms with E-state index in [2.05, 4.69) is 16.0 Å². The first kappa shape index (κ1) is 20.9. The van der Waals surface area contributed by atoms with Crippen molar-refractivity contribution in [1.82, 2.24) is 5.32 Å². The fraction of sp³-hybridized carbons (Fsp3) is 0.250. The lowest BCUT2D eigenvalue weighted by Gasteiger charge is -2.11. The average molecular weight is 385 g/mol. The molecule has 0 aliphatic carbocycles. The van der Waals surface area contributed by atoms with E-state index in [1.54, 1.807) is 53.8 Å². The van der Waals surface area contributed by atoms with Gasteiger partial charge < -0.3 is 26.0 Å². The molecule has 3 amide bonds. The third-order valence-electron chi connectivity index (χ3n) is 3.81. The van der Waals surface area contributed by atoms with E-state index in [-0.39, 0.29) is 30.8 Å². The van der Waals surface area contributed by atoms with Crippen LogP contribution >= 0.6 is 0 Å². The van der Waals surface area contributed by atoms with Crippen LogP contribution in [-0.4, -0.2) is 44.5 Å².